The van der Waals surface area contributed by atoms with Crippen molar-refractivity contribution in [2.45, 2.75) is 17.8 Å². The number of carboxylic acid groups (broad SMARTS) is 1. The van der Waals surface area contributed by atoms with Crippen LogP contribution in [-0.2, 0) is 4.79 Å². The fourth-order valence-electron chi connectivity index (χ4n) is 1.34. The van der Waals surface area contributed by atoms with Crippen molar-refractivity contribution < 1.29 is 15.0 Å². The summed E-state index contributed by atoms with van der Waals surface area (Å²) in [5.74, 6) is 2.61. The van der Waals surface area contributed by atoms with E-state index in [1.807, 2.05) is 23.5 Å². The van der Waals surface area contributed by atoms with Crippen molar-refractivity contribution in [2.24, 2.45) is 0 Å². The Morgan fingerprint density at radius 3 is 2.93 bits per heavy atom. The van der Waals surface area contributed by atoms with Crippen molar-refractivity contribution in [3.63, 3.8) is 0 Å². The van der Waals surface area contributed by atoms with Crippen LogP contribution in [0.25, 0.3) is 0 Å². The highest BCUT2D eigenvalue weighted by Gasteiger charge is 2.15. The number of nitrogens with one attached hydrogen (secondary N) is 1. The van der Waals surface area contributed by atoms with Gasteiger partial charge in [0.05, 0.1) is 12.5 Å². The Kier molecular flexibility index (Phi) is 6.47. The van der Waals surface area contributed by atoms with Gasteiger partial charge in [0.15, 0.2) is 0 Å². The van der Waals surface area contributed by atoms with E-state index in [-0.39, 0.29) is 6.42 Å². The number of hydrogen-bond acceptors (Lipinski definition) is 5. The molecule has 88 valence electrons. The van der Waals surface area contributed by atoms with Gasteiger partial charge < -0.3 is 15.5 Å². The highest BCUT2D eigenvalue weighted by Crippen LogP contribution is 2.23. The zero-order valence-corrected chi connectivity index (χ0v) is 10.1. The maximum atomic E-state index is 10.3. The zero-order valence-electron chi connectivity index (χ0n) is 8.52. The van der Waals surface area contributed by atoms with Crippen molar-refractivity contribution in [1.29, 1.82) is 0 Å². The fraction of sp³-hybridized carbons (Fsp3) is 0.889. The third kappa shape index (κ3) is 6.29. The summed E-state index contributed by atoms with van der Waals surface area (Å²) in [6.07, 6.45) is -0.955. The second-order valence-electron chi connectivity index (χ2n) is 3.48. The summed E-state index contributed by atoms with van der Waals surface area (Å²) >= 11 is 3.90. The number of hydrogen-bond donors (Lipinski definition) is 3. The van der Waals surface area contributed by atoms with Gasteiger partial charge in [0.1, 0.15) is 0 Å². The highest BCUT2D eigenvalue weighted by atomic mass is 32.2. The second kappa shape index (κ2) is 7.38. The average molecular weight is 251 g/mol. The van der Waals surface area contributed by atoms with Gasteiger partial charge in [-0.1, -0.05) is 0 Å². The Hall–Kier alpha value is 0.0900. The van der Waals surface area contributed by atoms with E-state index in [2.05, 4.69) is 5.32 Å². The molecule has 1 aliphatic heterocycles. The Morgan fingerprint density at radius 2 is 2.33 bits per heavy atom. The predicted molar refractivity (Wildman–Crippen MR) is 64.7 cm³/mol. The number of rotatable bonds is 6. The molecular weight excluding hydrogens is 234 g/mol. The molecule has 3 N–H and O–H groups in total. The SMILES string of the molecule is O=C(O)CC(O)CNCC1CSCCS1. The summed E-state index contributed by atoms with van der Waals surface area (Å²) in [5, 5.41) is 21.4. The van der Waals surface area contributed by atoms with E-state index in [4.69, 9.17) is 5.11 Å². The van der Waals surface area contributed by atoms with Gasteiger partial charge in [0.25, 0.3) is 0 Å². The lowest BCUT2D eigenvalue weighted by molar-refractivity contribution is -0.139. The van der Waals surface area contributed by atoms with Crippen LogP contribution in [0.15, 0.2) is 0 Å². The molecule has 2 unspecified atom stereocenters. The summed E-state index contributed by atoms with van der Waals surface area (Å²) in [6.45, 7) is 1.22. The summed E-state index contributed by atoms with van der Waals surface area (Å²) < 4.78 is 0. The lowest BCUT2D eigenvalue weighted by atomic mass is 10.2. The molecule has 1 fully saturated rings. The van der Waals surface area contributed by atoms with Crippen LogP contribution < -0.4 is 5.32 Å². The number of aliphatic hydroxyl groups is 1. The van der Waals surface area contributed by atoms with E-state index < -0.39 is 12.1 Å². The highest BCUT2D eigenvalue weighted by molar-refractivity contribution is 8.06. The minimum atomic E-state index is -0.952. The molecule has 4 nitrogen and oxygen atoms in total. The number of carbonyl (C=O) groups is 1. The number of thioether (sulfide) groups is 2. The number of aliphatic hydroxyl groups excluding tert-OH is 1. The molecule has 2 atom stereocenters. The molecule has 0 amide bonds. The number of carboxylic acids is 1. The van der Waals surface area contributed by atoms with Crippen LogP contribution in [0.4, 0.5) is 0 Å². The van der Waals surface area contributed by atoms with Gasteiger partial charge in [-0.15, -0.1) is 0 Å². The van der Waals surface area contributed by atoms with Gasteiger partial charge in [-0.2, -0.15) is 23.5 Å². The van der Waals surface area contributed by atoms with Crippen molar-refractivity contribution in [3.8, 4) is 0 Å². The van der Waals surface area contributed by atoms with E-state index in [1.165, 1.54) is 11.5 Å². The fourth-order valence-corrected chi connectivity index (χ4v) is 3.99. The molecule has 1 saturated heterocycles. The molecule has 6 heteroatoms. The van der Waals surface area contributed by atoms with Crippen LogP contribution in [0.1, 0.15) is 6.42 Å². The van der Waals surface area contributed by atoms with Crippen molar-refractivity contribution >= 4 is 29.5 Å². The Balaban J connectivity index is 2.02. The molecule has 0 radical (unpaired) electrons. The summed E-state index contributed by atoms with van der Waals surface area (Å²) in [4.78, 5) is 10.3. The maximum Gasteiger partial charge on any atom is 0.306 e. The van der Waals surface area contributed by atoms with Gasteiger partial charge >= 0.3 is 5.97 Å². The van der Waals surface area contributed by atoms with Gasteiger partial charge in [0.2, 0.25) is 0 Å². The maximum absolute atomic E-state index is 10.3. The summed E-state index contributed by atoms with van der Waals surface area (Å²) in [7, 11) is 0. The topological polar surface area (TPSA) is 69.6 Å². The van der Waals surface area contributed by atoms with Crippen LogP contribution >= 0.6 is 23.5 Å². The second-order valence-corrected chi connectivity index (χ2v) is 6.04. The third-order valence-corrected chi connectivity index (χ3v) is 4.89. The van der Waals surface area contributed by atoms with Crippen molar-refractivity contribution in [1.82, 2.24) is 5.32 Å². The smallest absolute Gasteiger partial charge is 0.306 e. The first kappa shape index (κ1) is 13.2. The van der Waals surface area contributed by atoms with Crippen LogP contribution in [0.5, 0.6) is 0 Å². The van der Waals surface area contributed by atoms with E-state index >= 15 is 0 Å². The van der Waals surface area contributed by atoms with Gasteiger partial charge in [0, 0.05) is 35.6 Å². The quantitative estimate of drug-likeness (QED) is 0.629. The molecule has 0 saturated carbocycles. The largest absolute Gasteiger partial charge is 0.481 e. The molecule has 0 aromatic heterocycles. The normalized spacial score (nSPS) is 23.7. The summed E-state index contributed by atoms with van der Waals surface area (Å²) in [6, 6.07) is 0. The standard InChI is InChI=1S/C9H17NO3S2/c11-7(3-9(12)13)4-10-5-8-6-14-1-2-15-8/h7-8,10-11H,1-6H2,(H,12,13). The molecule has 0 bridgehead atoms. The van der Waals surface area contributed by atoms with Crippen molar-refractivity contribution in [3.05, 3.63) is 0 Å². The molecule has 0 aromatic rings. The lowest BCUT2D eigenvalue weighted by Crippen LogP contribution is -2.35. The summed E-state index contributed by atoms with van der Waals surface area (Å²) in [5.41, 5.74) is 0. The molecular formula is C9H17NO3S2. The minimum absolute atomic E-state index is 0.181. The minimum Gasteiger partial charge on any atom is -0.481 e. The Labute approximate surface area is 98.2 Å². The van der Waals surface area contributed by atoms with Crippen LogP contribution in [0.3, 0.4) is 0 Å². The van der Waals surface area contributed by atoms with E-state index in [1.54, 1.807) is 0 Å². The van der Waals surface area contributed by atoms with Crippen LogP contribution in [0, 0.1) is 0 Å². The van der Waals surface area contributed by atoms with Gasteiger partial charge in [-0.25, -0.2) is 0 Å². The molecule has 1 aliphatic rings. The third-order valence-electron chi connectivity index (χ3n) is 2.05. The van der Waals surface area contributed by atoms with E-state index in [9.17, 15) is 9.90 Å². The van der Waals surface area contributed by atoms with E-state index in [0.717, 1.165) is 12.3 Å². The van der Waals surface area contributed by atoms with Gasteiger partial charge in [-0.05, 0) is 0 Å². The van der Waals surface area contributed by atoms with Gasteiger partial charge in [-0.3, -0.25) is 4.79 Å². The predicted octanol–water partition coefficient (Wildman–Crippen LogP) is 0.260. The monoisotopic (exact) mass is 251 g/mol. The zero-order chi connectivity index (χ0) is 11.1. The molecule has 1 rings (SSSR count). The first-order valence-electron chi connectivity index (χ1n) is 4.98. The number of aliphatic carboxylic acids is 1. The van der Waals surface area contributed by atoms with E-state index in [0.29, 0.717) is 11.8 Å². The molecule has 0 aliphatic carbocycles. The Morgan fingerprint density at radius 1 is 1.53 bits per heavy atom. The van der Waals surface area contributed by atoms with Crippen molar-refractivity contribution in [2.75, 3.05) is 30.3 Å². The Bertz CT molecular complexity index is 198. The average Bonchev–Trinajstić information content (AvgIpc) is 2.18. The molecule has 1 heterocycles. The molecule has 0 spiro atoms. The van der Waals surface area contributed by atoms with Crippen LogP contribution in [0.2, 0.25) is 0 Å². The first-order valence-corrected chi connectivity index (χ1v) is 7.18. The van der Waals surface area contributed by atoms with Crippen LogP contribution in [-0.4, -0.2) is 57.9 Å². The molecule has 0 aromatic carbocycles. The molecule has 15 heavy (non-hydrogen) atoms. The lowest BCUT2D eigenvalue weighted by Gasteiger charge is -2.21. The first-order chi connectivity index (χ1) is 7.18.